The zero-order valence-corrected chi connectivity index (χ0v) is 19.2. The molecular formula is C20H14Cl2F9N5. The molecule has 4 rings (SSSR count). The number of nitrogens with one attached hydrogen (secondary N) is 1. The molecule has 1 aliphatic carbocycles. The van der Waals surface area contributed by atoms with E-state index in [0.29, 0.717) is 16.8 Å². The Hall–Kier alpha value is -2.48. The van der Waals surface area contributed by atoms with E-state index in [9.17, 15) is 39.5 Å². The van der Waals surface area contributed by atoms with Crippen LogP contribution in [-0.4, -0.2) is 26.3 Å². The first-order chi connectivity index (χ1) is 16.6. The van der Waals surface area contributed by atoms with Gasteiger partial charge in [0.1, 0.15) is 11.5 Å². The summed E-state index contributed by atoms with van der Waals surface area (Å²) < 4.78 is 121. The fourth-order valence-electron chi connectivity index (χ4n) is 4.03. The summed E-state index contributed by atoms with van der Waals surface area (Å²) in [5.41, 5.74) is -4.63. The van der Waals surface area contributed by atoms with Crippen molar-refractivity contribution < 1.29 is 39.5 Å². The van der Waals surface area contributed by atoms with E-state index in [4.69, 9.17) is 23.2 Å². The third kappa shape index (κ3) is 5.15. The van der Waals surface area contributed by atoms with Crippen LogP contribution in [-0.2, 0) is 18.5 Å². The van der Waals surface area contributed by atoms with Crippen LogP contribution in [0.5, 0.6) is 0 Å². The normalized spacial score (nSPS) is 15.8. The van der Waals surface area contributed by atoms with E-state index < -0.39 is 68.2 Å². The van der Waals surface area contributed by atoms with E-state index in [2.05, 4.69) is 20.4 Å². The Bertz CT molecular complexity index is 1270. The summed E-state index contributed by atoms with van der Waals surface area (Å²) in [5, 5.41) is 4.29. The van der Waals surface area contributed by atoms with Crippen LogP contribution in [0.3, 0.4) is 0 Å². The van der Waals surface area contributed by atoms with Crippen LogP contribution in [0.15, 0.2) is 12.1 Å². The van der Waals surface area contributed by atoms with Crippen LogP contribution in [0.25, 0.3) is 16.7 Å². The molecule has 1 aliphatic rings. The number of rotatable bonds is 4. The molecule has 0 spiro atoms. The van der Waals surface area contributed by atoms with Crippen molar-refractivity contribution in [2.24, 2.45) is 5.92 Å². The summed E-state index contributed by atoms with van der Waals surface area (Å²) >= 11 is 12.0. The lowest BCUT2D eigenvalue weighted by Crippen LogP contribution is -2.18. The zero-order valence-electron chi connectivity index (χ0n) is 17.7. The van der Waals surface area contributed by atoms with Gasteiger partial charge in [0.15, 0.2) is 11.3 Å². The van der Waals surface area contributed by atoms with Gasteiger partial charge in [-0.25, -0.2) is 14.6 Å². The van der Waals surface area contributed by atoms with Gasteiger partial charge in [0.05, 0.1) is 21.0 Å². The van der Waals surface area contributed by atoms with Gasteiger partial charge in [-0.05, 0) is 30.9 Å². The van der Waals surface area contributed by atoms with Gasteiger partial charge in [0.2, 0.25) is 5.82 Å². The van der Waals surface area contributed by atoms with Gasteiger partial charge < -0.3 is 5.32 Å². The number of aromatic nitrogens is 4. The third-order valence-corrected chi connectivity index (χ3v) is 6.22. The van der Waals surface area contributed by atoms with Crippen molar-refractivity contribution in [2.45, 2.75) is 44.2 Å². The molecule has 1 aromatic carbocycles. The predicted octanol–water partition coefficient (Wildman–Crippen LogP) is 7.78. The first-order valence-corrected chi connectivity index (χ1v) is 11.1. The average Bonchev–Trinajstić information content (AvgIpc) is 3.36. The maximum Gasteiger partial charge on any atom is 0.451 e. The summed E-state index contributed by atoms with van der Waals surface area (Å²) in [6.45, 7) is 0.106. The van der Waals surface area contributed by atoms with Crippen LogP contribution >= 0.6 is 23.2 Å². The topological polar surface area (TPSA) is 55.6 Å². The molecule has 0 atom stereocenters. The summed E-state index contributed by atoms with van der Waals surface area (Å²) in [5.74, 6) is -2.55. The van der Waals surface area contributed by atoms with Crippen molar-refractivity contribution in [3.05, 3.63) is 39.3 Å². The second kappa shape index (κ2) is 9.12. The highest BCUT2D eigenvalue weighted by molar-refractivity contribution is 6.38. The summed E-state index contributed by atoms with van der Waals surface area (Å²) in [7, 11) is 0. The van der Waals surface area contributed by atoms with Crippen molar-refractivity contribution in [1.82, 2.24) is 19.7 Å². The average molecular weight is 566 g/mol. The summed E-state index contributed by atoms with van der Waals surface area (Å²) in [6, 6.07) is 0.959. The Morgan fingerprint density at radius 1 is 0.861 bits per heavy atom. The second-order valence-corrected chi connectivity index (χ2v) is 8.98. The maximum atomic E-state index is 13.9. The molecule has 0 amide bonds. The minimum atomic E-state index is -5.35. The van der Waals surface area contributed by atoms with Crippen molar-refractivity contribution in [1.29, 1.82) is 0 Å². The molecule has 2 aromatic heterocycles. The highest BCUT2D eigenvalue weighted by atomic mass is 35.5. The number of fused-ring (bicyclic) bond motifs is 1. The summed E-state index contributed by atoms with van der Waals surface area (Å²) in [4.78, 5) is 5.86. The van der Waals surface area contributed by atoms with E-state index >= 15 is 0 Å². The number of alkyl halides is 9. The molecule has 0 aliphatic heterocycles. The van der Waals surface area contributed by atoms with Crippen LogP contribution in [0, 0.1) is 5.92 Å². The molecule has 1 saturated carbocycles. The van der Waals surface area contributed by atoms with Crippen molar-refractivity contribution in [3.8, 4) is 5.69 Å². The lowest BCUT2D eigenvalue weighted by atomic mass is 10.1. The fourth-order valence-corrected chi connectivity index (χ4v) is 4.68. The molecular weight excluding hydrogens is 552 g/mol. The molecule has 1 fully saturated rings. The fraction of sp³-hybridized carbons (Fsp3) is 0.450. The monoisotopic (exact) mass is 565 g/mol. The summed E-state index contributed by atoms with van der Waals surface area (Å²) in [6.07, 6.45) is -12.3. The highest BCUT2D eigenvalue weighted by Gasteiger charge is 2.43. The molecule has 0 saturated heterocycles. The van der Waals surface area contributed by atoms with Crippen LogP contribution in [0.2, 0.25) is 10.0 Å². The van der Waals surface area contributed by atoms with Gasteiger partial charge in [-0.3, -0.25) is 0 Å². The van der Waals surface area contributed by atoms with Crippen LogP contribution in [0.4, 0.5) is 45.3 Å². The molecule has 0 radical (unpaired) electrons. The number of benzene rings is 1. The molecule has 5 nitrogen and oxygen atoms in total. The zero-order chi connectivity index (χ0) is 26.6. The first-order valence-electron chi connectivity index (χ1n) is 10.3. The standard InChI is InChI=1S/C20H14Cl2F9N5/c21-10-5-9(18(23,24)25)6-11(22)13(10)36-16(32-7-8-3-1-2-4-8)12-14(19(26,27)28)33-17(20(29,30)31)34-15(12)35-36/h5-6,8,32H,1-4,7H2. The first kappa shape index (κ1) is 26.6. The van der Waals surface area contributed by atoms with Gasteiger partial charge in [-0.15, -0.1) is 5.10 Å². The predicted molar refractivity (Wildman–Crippen MR) is 112 cm³/mol. The van der Waals surface area contributed by atoms with Gasteiger partial charge in [-0.1, -0.05) is 36.0 Å². The number of nitrogens with zero attached hydrogens (tertiary/aromatic N) is 4. The number of hydrogen-bond acceptors (Lipinski definition) is 4. The van der Waals surface area contributed by atoms with Crippen molar-refractivity contribution >= 4 is 40.1 Å². The van der Waals surface area contributed by atoms with E-state index in [0.717, 1.165) is 25.7 Å². The quantitative estimate of drug-likeness (QED) is 0.328. The number of anilines is 1. The molecule has 1 N–H and O–H groups in total. The van der Waals surface area contributed by atoms with Gasteiger partial charge in [0, 0.05) is 6.54 Å². The van der Waals surface area contributed by atoms with E-state index in [1.165, 1.54) is 0 Å². The molecule has 196 valence electrons. The number of halogens is 11. The maximum absolute atomic E-state index is 13.9. The highest BCUT2D eigenvalue weighted by Crippen LogP contribution is 2.43. The lowest BCUT2D eigenvalue weighted by molar-refractivity contribution is -0.151. The van der Waals surface area contributed by atoms with E-state index in [1.54, 1.807) is 0 Å². The van der Waals surface area contributed by atoms with Crippen molar-refractivity contribution in [3.63, 3.8) is 0 Å². The van der Waals surface area contributed by atoms with Gasteiger partial charge >= 0.3 is 18.5 Å². The van der Waals surface area contributed by atoms with Gasteiger partial charge in [-0.2, -0.15) is 39.5 Å². The molecule has 0 bridgehead atoms. The molecule has 0 unspecified atom stereocenters. The van der Waals surface area contributed by atoms with Crippen molar-refractivity contribution in [2.75, 3.05) is 11.9 Å². The van der Waals surface area contributed by atoms with Gasteiger partial charge in [0.25, 0.3) is 0 Å². The molecule has 2 heterocycles. The SMILES string of the molecule is FC(F)(F)c1cc(Cl)c(-n2nc3nc(C(F)(F)F)nc(C(F)(F)F)c3c2NCC2CCCC2)c(Cl)c1. The largest absolute Gasteiger partial charge is 0.451 e. The van der Waals surface area contributed by atoms with Crippen LogP contribution in [0.1, 0.15) is 42.8 Å². The Kier molecular flexibility index (Phi) is 6.73. The minimum absolute atomic E-state index is 0.0339. The third-order valence-electron chi connectivity index (χ3n) is 5.64. The molecule has 16 heteroatoms. The number of hydrogen-bond donors (Lipinski definition) is 1. The molecule has 3 aromatic rings. The Morgan fingerprint density at radius 3 is 1.94 bits per heavy atom. The Balaban J connectivity index is 2.00. The Labute approximate surface area is 206 Å². The smallest absolute Gasteiger partial charge is 0.369 e. The van der Waals surface area contributed by atoms with E-state index in [-0.39, 0.29) is 12.5 Å². The Morgan fingerprint density at radius 2 is 1.44 bits per heavy atom. The molecule has 36 heavy (non-hydrogen) atoms. The lowest BCUT2D eigenvalue weighted by Gasteiger charge is -2.17. The van der Waals surface area contributed by atoms with E-state index in [1.807, 2.05) is 0 Å². The van der Waals surface area contributed by atoms with Crippen LogP contribution < -0.4 is 5.32 Å². The minimum Gasteiger partial charge on any atom is -0.369 e. The second-order valence-electron chi connectivity index (χ2n) is 8.17.